The number of aliphatic hydroxyl groups is 1. The third kappa shape index (κ3) is 6.49. The van der Waals surface area contributed by atoms with Crippen LogP contribution in [0.25, 0.3) is 0 Å². The van der Waals surface area contributed by atoms with Crippen LogP contribution in [0.15, 0.2) is 54.6 Å². The van der Waals surface area contributed by atoms with Crippen molar-refractivity contribution in [3.8, 4) is 0 Å². The second kappa shape index (κ2) is 11.6. The number of esters is 1. The lowest BCUT2D eigenvalue weighted by Gasteiger charge is -2.44. The van der Waals surface area contributed by atoms with Crippen LogP contribution in [0, 0.1) is 0 Å². The summed E-state index contributed by atoms with van der Waals surface area (Å²) in [6, 6.07) is 14.9. The van der Waals surface area contributed by atoms with Crippen LogP contribution < -0.4 is 5.32 Å². The number of nitrogens with one attached hydrogen (secondary N) is 1. The summed E-state index contributed by atoms with van der Waals surface area (Å²) in [6.45, 7) is 1.96. The number of ether oxygens (including phenoxy) is 1. The molecule has 2 saturated carbocycles. The summed E-state index contributed by atoms with van der Waals surface area (Å²) in [5, 5.41) is 12.9. The minimum Gasteiger partial charge on any atom is -0.456 e. The Hall–Kier alpha value is -3.40. The number of carbonyl (C=O) groups is 3. The minimum absolute atomic E-state index is 0.0495. The zero-order valence-corrected chi connectivity index (χ0v) is 22.7. The number of alkyl halides is 3. The van der Waals surface area contributed by atoms with Crippen molar-refractivity contribution in [1.29, 1.82) is 0 Å². The highest BCUT2D eigenvalue weighted by atomic mass is 19.4. The van der Waals surface area contributed by atoms with E-state index in [4.69, 9.17) is 4.74 Å². The molecule has 0 aromatic heterocycles. The average Bonchev–Trinajstić information content (AvgIpc) is 3.77. The molecule has 2 aromatic rings. The summed E-state index contributed by atoms with van der Waals surface area (Å²) >= 11 is 0. The smallest absolute Gasteiger partial charge is 0.421 e. The molecule has 2 aromatic carbocycles. The summed E-state index contributed by atoms with van der Waals surface area (Å²) in [5.41, 5.74) is -2.32. The number of rotatable bonds is 9. The Kier molecular flexibility index (Phi) is 8.58. The zero-order chi connectivity index (χ0) is 29.1. The molecule has 0 radical (unpaired) electrons. The van der Waals surface area contributed by atoms with E-state index in [2.05, 4.69) is 5.32 Å². The molecule has 2 fully saturated rings. The van der Waals surface area contributed by atoms with Gasteiger partial charge in [-0.25, -0.2) is 0 Å². The normalized spacial score (nSPS) is 22.6. The molecular weight excluding hydrogens is 525 g/mol. The Morgan fingerprint density at radius 2 is 1.55 bits per heavy atom. The van der Waals surface area contributed by atoms with E-state index in [0.717, 1.165) is 30.5 Å². The maximum absolute atomic E-state index is 13.6. The predicted molar refractivity (Wildman–Crippen MR) is 141 cm³/mol. The van der Waals surface area contributed by atoms with Gasteiger partial charge in [-0.05, 0) is 68.7 Å². The molecule has 1 unspecified atom stereocenters. The predicted octanol–water partition coefficient (Wildman–Crippen LogP) is 4.62. The number of benzene rings is 2. The number of halogens is 3. The molecule has 0 saturated heterocycles. The summed E-state index contributed by atoms with van der Waals surface area (Å²) in [7, 11) is 0. The Bertz CT molecular complexity index is 1200. The third-order valence-electron chi connectivity index (χ3n) is 8.14. The first-order valence-electron chi connectivity index (χ1n) is 13.5. The zero-order valence-electron chi connectivity index (χ0n) is 22.7. The van der Waals surface area contributed by atoms with Gasteiger partial charge in [0.05, 0.1) is 0 Å². The van der Waals surface area contributed by atoms with E-state index in [1.54, 1.807) is 0 Å². The van der Waals surface area contributed by atoms with Crippen LogP contribution in [-0.2, 0) is 25.3 Å². The van der Waals surface area contributed by atoms with Gasteiger partial charge in [0.2, 0.25) is 0 Å². The molecular formula is C30H35F3N2O5. The van der Waals surface area contributed by atoms with Crippen molar-refractivity contribution in [2.45, 2.75) is 81.6 Å². The highest BCUT2D eigenvalue weighted by Crippen LogP contribution is 2.43. The van der Waals surface area contributed by atoms with Gasteiger partial charge in [-0.2, -0.15) is 13.2 Å². The molecule has 2 aliphatic rings. The molecule has 1 atom stereocenters. The van der Waals surface area contributed by atoms with Crippen molar-refractivity contribution in [2.75, 3.05) is 13.2 Å². The Labute approximate surface area is 231 Å². The second-order valence-corrected chi connectivity index (χ2v) is 11.0. The van der Waals surface area contributed by atoms with Gasteiger partial charge in [-0.3, -0.25) is 14.4 Å². The lowest BCUT2D eigenvalue weighted by atomic mass is 9.67. The lowest BCUT2D eigenvalue weighted by molar-refractivity contribution is -0.258. The van der Waals surface area contributed by atoms with E-state index in [0.29, 0.717) is 39.2 Å². The summed E-state index contributed by atoms with van der Waals surface area (Å²) < 4.78 is 44.6. The van der Waals surface area contributed by atoms with Crippen molar-refractivity contribution in [2.24, 2.45) is 0 Å². The Morgan fingerprint density at radius 1 is 0.975 bits per heavy atom. The maximum atomic E-state index is 13.6. The summed E-state index contributed by atoms with van der Waals surface area (Å²) in [5.74, 6) is -1.14. The largest absolute Gasteiger partial charge is 0.456 e. The van der Waals surface area contributed by atoms with E-state index in [-0.39, 0.29) is 47.0 Å². The molecule has 216 valence electrons. The monoisotopic (exact) mass is 560 g/mol. The van der Waals surface area contributed by atoms with Crippen LogP contribution in [0.3, 0.4) is 0 Å². The average molecular weight is 561 g/mol. The lowest BCUT2D eigenvalue weighted by Crippen LogP contribution is -2.50. The van der Waals surface area contributed by atoms with Crippen LogP contribution in [-0.4, -0.2) is 59.2 Å². The molecule has 4 rings (SSSR count). The van der Waals surface area contributed by atoms with Crippen LogP contribution in [0.2, 0.25) is 0 Å². The van der Waals surface area contributed by atoms with Crippen LogP contribution in [0.4, 0.5) is 13.2 Å². The highest BCUT2D eigenvalue weighted by molar-refractivity contribution is 5.95. The van der Waals surface area contributed by atoms with Crippen molar-refractivity contribution in [3.63, 3.8) is 0 Å². The molecule has 7 nitrogen and oxygen atoms in total. The quantitative estimate of drug-likeness (QED) is 0.437. The molecule has 0 aliphatic heterocycles. The van der Waals surface area contributed by atoms with E-state index >= 15 is 0 Å². The van der Waals surface area contributed by atoms with Gasteiger partial charge in [-0.1, -0.05) is 42.5 Å². The topological polar surface area (TPSA) is 95.9 Å². The maximum Gasteiger partial charge on any atom is 0.421 e. The van der Waals surface area contributed by atoms with Crippen molar-refractivity contribution in [1.82, 2.24) is 10.2 Å². The van der Waals surface area contributed by atoms with Crippen molar-refractivity contribution < 1.29 is 37.4 Å². The first-order valence-corrected chi connectivity index (χ1v) is 13.5. The first-order chi connectivity index (χ1) is 18.8. The van der Waals surface area contributed by atoms with E-state index in [1.165, 1.54) is 19.1 Å². The molecule has 2 aliphatic carbocycles. The molecule has 0 spiro atoms. The second-order valence-electron chi connectivity index (χ2n) is 11.0. The number of amides is 2. The Morgan fingerprint density at radius 3 is 2.08 bits per heavy atom. The highest BCUT2D eigenvalue weighted by Gasteiger charge is 2.51. The standard InChI is InChI=1S/C30H35F3N2O5/c1-20(36)40-18-26(37)34-19-29(23-6-4-3-5-7-23)16-14-25(15-17-29)35(24-12-13-24)27(38)21-8-10-22(11-9-21)28(2,39)30(31,32)33/h3-11,24-25,39H,12-19H2,1-2H3,(H,34,37). The Balaban J connectivity index is 1.48. The third-order valence-corrected chi connectivity index (χ3v) is 8.14. The van der Waals surface area contributed by atoms with Crippen LogP contribution in [0.1, 0.15) is 73.9 Å². The number of hydrogen-bond donors (Lipinski definition) is 2. The molecule has 10 heteroatoms. The SMILES string of the molecule is CC(=O)OCC(=O)NCC1(c2ccccc2)CCC(N(C(=O)c2ccc(C(C)(O)C(F)(F)F)cc2)C2CC2)CC1. The molecule has 0 bridgehead atoms. The van der Waals surface area contributed by atoms with Gasteiger partial charge in [0.15, 0.2) is 12.2 Å². The number of hydrogen-bond acceptors (Lipinski definition) is 5. The van der Waals surface area contributed by atoms with E-state index in [1.807, 2.05) is 35.2 Å². The van der Waals surface area contributed by atoms with Crippen LogP contribution in [0.5, 0.6) is 0 Å². The fourth-order valence-electron chi connectivity index (χ4n) is 5.51. The van der Waals surface area contributed by atoms with Gasteiger partial charge in [0, 0.05) is 36.5 Å². The van der Waals surface area contributed by atoms with Gasteiger partial charge >= 0.3 is 12.1 Å². The molecule has 2 N–H and O–H groups in total. The molecule has 2 amide bonds. The first kappa shape index (κ1) is 29.6. The van der Waals surface area contributed by atoms with Crippen molar-refractivity contribution in [3.05, 3.63) is 71.3 Å². The van der Waals surface area contributed by atoms with Gasteiger partial charge in [0.1, 0.15) is 0 Å². The van der Waals surface area contributed by atoms with E-state index < -0.39 is 17.7 Å². The number of carbonyl (C=O) groups excluding carboxylic acids is 3. The molecule has 0 heterocycles. The fraction of sp³-hybridized carbons (Fsp3) is 0.500. The van der Waals surface area contributed by atoms with Gasteiger partial charge in [0.25, 0.3) is 11.8 Å². The number of nitrogens with zero attached hydrogens (tertiary/aromatic N) is 1. The minimum atomic E-state index is -4.84. The van der Waals surface area contributed by atoms with Crippen molar-refractivity contribution >= 4 is 17.8 Å². The van der Waals surface area contributed by atoms with Crippen LogP contribution >= 0.6 is 0 Å². The summed E-state index contributed by atoms with van der Waals surface area (Å²) in [4.78, 5) is 38.8. The van der Waals surface area contributed by atoms with Gasteiger partial charge < -0.3 is 20.1 Å². The fourth-order valence-corrected chi connectivity index (χ4v) is 5.51. The van der Waals surface area contributed by atoms with Gasteiger partial charge in [-0.15, -0.1) is 0 Å². The molecule has 40 heavy (non-hydrogen) atoms. The summed E-state index contributed by atoms with van der Waals surface area (Å²) in [6.07, 6.45) is -0.293. The van der Waals surface area contributed by atoms with E-state index in [9.17, 15) is 32.7 Å².